The van der Waals surface area contributed by atoms with Crippen molar-refractivity contribution in [2.75, 3.05) is 0 Å². The zero-order chi connectivity index (χ0) is 24.8. The van der Waals surface area contributed by atoms with Gasteiger partial charge in [0, 0.05) is 22.6 Å². The summed E-state index contributed by atoms with van der Waals surface area (Å²) in [5.74, 6) is 1.01. The van der Waals surface area contributed by atoms with Crippen LogP contribution in [0.5, 0.6) is 5.75 Å². The molecule has 4 rings (SSSR count). The minimum atomic E-state index is -0.0272. The van der Waals surface area contributed by atoms with Crippen molar-refractivity contribution < 1.29 is 4.74 Å². The highest BCUT2D eigenvalue weighted by atomic mass is 31.1. The van der Waals surface area contributed by atoms with Crippen LogP contribution in [0.15, 0.2) is 96.0 Å². The quantitative estimate of drug-likeness (QED) is 0.198. The highest BCUT2D eigenvalue weighted by Crippen LogP contribution is 2.35. The van der Waals surface area contributed by atoms with Gasteiger partial charge in [-0.05, 0) is 59.5 Å². The molecule has 178 valence electrons. The van der Waals surface area contributed by atoms with Gasteiger partial charge in [0.1, 0.15) is 12.4 Å². The van der Waals surface area contributed by atoms with E-state index in [-0.39, 0.29) is 5.41 Å². The molecule has 0 spiro atoms. The Morgan fingerprint density at radius 2 is 1.51 bits per heavy atom. The average Bonchev–Trinajstić information content (AvgIpc) is 2.84. The Morgan fingerprint density at radius 3 is 2.20 bits per heavy atom. The zero-order valence-electron chi connectivity index (χ0n) is 21.3. The van der Waals surface area contributed by atoms with E-state index < -0.39 is 0 Å². The van der Waals surface area contributed by atoms with Gasteiger partial charge in [0.25, 0.3) is 0 Å². The number of para-hydroxylation sites is 1. The van der Waals surface area contributed by atoms with E-state index in [2.05, 4.69) is 89.2 Å². The molecule has 35 heavy (non-hydrogen) atoms. The fourth-order valence-corrected chi connectivity index (χ4v) is 5.53. The van der Waals surface area contributed by atoms with Crippen LogP contribution < -0.4 is 15.3 Å². The van der Waals surface area contributed by atoms with E-state index >= 15 is 0 Å². The lowest BCUT2D eigenvalue weighted by molar-refractivity contribution is 0.300. The molecule has 4 aromatic rings. The number of rotatable bonds is 7. The first kappa shape index (κ1) is 24.9. The third kappa shape index (κ3) is 6.47. The molecule has 0 radical (unpaired) electrons. The molecule has 4 aromatic carbocycles. The Kier molecular flexibility index (Phi) is 7.83. The third-order valence-corrected chi connectivity index (χ3v) is 7.51. The minimum Gasteiger partial charge on any atom is -0.488 e. The normalized spacial score (nSPS) is 12.0. The lowest BCUT2D eigenvalue weighted by atomic mass is 9.85. The summed E-state index contributed by atoms with van der Waals surface area (Å²) in [6, 6.07) is 31.5. The highest BCUT2D eigenvalue weighted by molar-refractivity contribution is 7.56. The maximum atomic E-state index is 6.59. The smallest absolute Gasteiger partial charge is 0.131 e. The summed E-state index contributed by atoms with van der Waals surface area (Å²) in [6.07, 6.45) is 2.00. The molecule has 0 N–H and O–H groups in total. The second-order valence-electron chi connectivity index (χ2n) is 9.97. The summed E-state index contributed by atoms with van der Waals surface area (Å²) in [6.45, 7) is 11.7. The van der Waals surface area contributed by atoms with Crippen LogP contribution in [-0.2, 0) is 12.0 Å². The lowest BCUT2D eigenvalue weighted by Crippen LogP contribution is -2.21. The van der Waals surface area contributed by atoms with Gasteiger partial charge < -0.3 is 4.74 Å². The van der Waals surface area contributed by atoms with Gasteiger partial charge in [0.15, 0.2) is 0 Å². The zero-order valence-corrected chi connectivity index (χ0v) is 22.3. The van der Waals surface area contributed by atoms with Crippen LogP contribution in [0.1, 0.15) is 48.6 Å². The lowest BCUT2D eigenvalue weighted by Gasteiger charge is -2.26. The molecular weight excluding hydrogens is 445 g/mol. The topological polar surface area (TPSA) is 21.6 Å². The molecule has 0 saturated carbocycles. The van der Waals surface area contributed by atoms with E-state index in [0.29, 0.717) is 15.2 Å². The fourth-order valence-electron chi connectivity index (χ4n) is 4.07. The monoisotopic (exact) mass is 479 g/mol. The van der Waals surface area contributed by atoms with Crippen LogP contribution >= 0.6 is 8.58 Å². The van der Waals surface area contributed by atoms with Crippen LogP contribution in [0.4, 0.5) is 5.69 Å². The van der Waals surface area contributed by atoms with E-state index in [1.54, 1.807) is 0 Å². The first-order valence-corrected chi connectivity index (χ1v) is 13.1. The standard InChI is InChI=1S/C32H34NOP/c1-23-19-28(32(3,4)5)30(34-22-25-14-8-6-9-15-25)29(20-23)35-31-24(2)13-12-16-26(31)21-33-27-17-10-7-11-18-27/h6-21,35H,22H2,1-5H3/b33-21+. The minimum absolute atomic E-state index is 0.0272. The van der Waals surface area contributed by atoms with Crippen molar-refractivity contribution in [3.05, 3.63) is 119 Å². The van der Waals surface area contributed by atoms with Crippen molar-refractivity contribution in [2.45, 2.75) is 46.6 Å². The maximum Gasteiger partial charge on any atom is 0.131 e. The highest BCUT2D eigenvalue weighted by Gasteiger charge is 2.23. The molecular formula is C32H34NOP. The molecule has 0 amide bonds. The van der Waals surface area contributed by atoms with E-state index in [1.807, 2.05) is 42.6 Å². The second kappa shape index (κ2) is 11.0. The summed E-state index contributed by atoms with van der Waals surface area (Å²) in [7, 11) is 0.464. The average molecular weight is 480 g/mol. The Labute approximate surface area is 211 Å². The van der Waals surface area contributed by atoms with Crippen LogP contribution in [0.25, 0.3) is 0 Å². The van der Waals surface area contributed by atoms with Gasteiger partial charge in [-0.1, -0.05) is 102 Å². The first-order valence-electron chi connectivity index (χ1n) is 12.1. The van der Waals surface area contributed by atoms with Crippen molar-refractivity contribution in [2.24, 2.45) is 4.99 Å². The molecule has 0 fully saturated rings. The van der Waals surface area contributed by atoms with Gasteiger partial charge in [-0.3, -0.25) is 4.99 Å². The predicted octanol–water partition coefficient (Wildman–Crippen LogP) is 7.56. The maximum absolute atomic E-state index is 6.59. The summed E-state index contributed by atoms with van der Waals surface area (Å²) in [5.41, 5.74) is 7.05. The van der Waals surface area contributed by atoms with Crippen molar-refractivity contribution in [1.82, 2.24) is 0 Å². The predicted molar refractivity (Wildman–Crippen MR) is 153 cm³/mol. The molecule has 1 unspecified atom stereocenters. The molecule has 0 heterocycles. The number of hydrogen-bond acceptors (Lipinski definition) is 2. The second-order valence-corrected chi connectivity index (χ2v) is 11.3. The number of aliphatic imine (C=N–C) groups is 1. The Hall–Kier alpha value is -3.22. The van der Waals surface area contributed by atoms with Crippen molar-refractivity contribution in [3.63, 3.8) is 0 Å². The first-order chi connectivity index (χ1) is 16.8. The molecule has 0 aromatic heterocycles. The van der Waals surface area contributed by atoms with Gasteiger partial charge >= 0.3 is 0 Å². The van der Waals surface area contributed by atoms with Gasteiger partial charge in [-0.15, -0.1) is 0 Å². The van der Waals surface area contributed by atoms with Crippen LogP contribution in [0.3, 0.4) is 0 Å². The molecule has 0 bridgehead atoms. The van der Waals surface area contributed by atoms with E-state index in [1.165, 1.54) is 32.9 Å². The fraction of sp³-hybridized carbons (Fsp3) is 0.219. The van der Waals surface area contributed by atoms with Gasteiger partial charge in [0.2, 0.25) is 0 Å². The van der Waals surface area contributed by atoms with Crippen molar-refractivity contribution in [1.29, 1.82) is 0 Å². The number of ether oxygens (including phenoxy) is 1. The molecule has 1 atom stereocenters. The van der Waals surface area contributed by atoms with Crippen LogP contribution in [0, 0.1) is 13.8 Å². The van der Waals surface area contributed by atoms with Gasteiger partial charge in [-0.25, -0.2) is 0 Å². The summed E-state index contributed by atoms with van der Waals surface area (Å²) >= 11 is 0. The summed E-state index contributed by atoms with van der Waals surface area (Å²) in [5, 5.41) is 2.55. The molecule has 0 saturated heterocycles. The SMILES string of the molecule is Cc1cc(Pc2c(C)cccc2/C=N/c2ccccc2)c(OCc2ccccc2)c(C(C)(C)C)c1. The summed E-state index contributed by atoms with van der Waals surface area (Å²) < 4.78 is 6.59. The van der Waals surface area contributed by atoms with Gasteiger partial charge in [-0.2, -0.15) is 0 Å². The molecule has 3 heteroatoms. The Bertz CT molecular complexity index is 1300. The van der Waals surface area contributed by atoms with Crippen LogP contribution in [-0.4, -0.2) is 6.21 Å². The van der Waals surface area contributed by atoms with Crippen molar-refractivity contribution in [3.8, 4) is 5.75 Å². The number of aryl methyl sites for hydroxylation is 2. The van der Waals surface area contributed by atoms with E-state index in [9.17, 15) is 0 Å². The number of benzene rings is 4. The van der Waals surface area contributed by atoms with E-state index in [0.717, 1.165) is 17.0 Å². The Morgan fingerprint density at radius 1 is 0.829 bits per heavy atom. The van der Waals surface area contributed by atoms with Crippen molar-refractivity contribution >= 4 is 31.1 Å². The summed E-state index contributed by atoms with van der Waals surface area (Å²) in [4.78, 5) is 4.74. The molecule has 0 aliphatic rings. The van der Waals surface area contributed by atoms with E-state index in [4.69, 9.17) is 9.73 Å². The third-order valence-electron chi connectivity index (χ3n) is 5.94. The molecule has 0 aliphatic heterocycles. The van der Waals surface area contributed by atoms with Gasteiger partial charge in [0.05, 0.1) is 5.69 Å². The number of nitrogens with zero attached hydrogens (tertiary/aromatic N) is 1. The molecule has 0 aliphatic carbocycles. The number of hydrogen-bond donors (Lipinski definition) is 0. The Balaban J connectivity index is 1.75. The van der Waals surface area contributed by atoms with Crippen LogP contribution in [0.2, 0.25) is 0 Å². The molecule has 2 nitrogen and oxygen atoms in total. The largest absolute Gasteiger partial charge is 0.488 e.